The zero-order valence-electron chi connectivity index (χ0n) is 16.3. The Bertz CT molecular complexity index is 1180. The molecule has 3 rings (SSSR count). The van der Waals surface area contributed by atoms with Gasteiger partial charge in [-0.25, -0.2) is 12.8 Å². The lowest BCUT2D eigenvalue weighted by Gasteiger charge is -2.31. The molecule has 1 atom stereocenters. The van der Waals surface area contributed by atoms with E-state index in [2.05, 4.69) is 0 Å². The topological polar surface area (TPSA) is 61.2 Å². The maximum Gasteiger partial charge on any atom is 0.243 e. The molecule has 7 heteroatoms. The summed E-state index contributed by atoms with van der Waals surface area (Å²) in [6.07, 6.45) is 0.488. The van der Waals surface area contributed by atoms with Crippen LogP contribution in [0.15, 0.2) is 77.7 Å². The van der Waals surface area contributed by atoms with Gasteiger partial charge in [0.15, 0.2) is 0 Å². The number of hydrogen-bond acceptors (Lipinski definition) is 3. The van der Waals surface area contributed by atoms with E-state index < -0.39 is 21.9 Å². The third-order valence-electron chi connectivity index (χ3n) is 4.83. The molecular weight excluding hydrogens is 423 g/mol. The van der Waals surface area contributed by atoms with Crippen LogP contribution in [0.25, 0.3) is 0 Å². The van der Waals surface area contributed by atoms with E-state index in [1.165, 1.54) is 28.6 Å². The van der Waals surface area contributed by atoms with Crippen LogP contribution in [0.1, 0.15) is 36.1 Å². The average molecular weight is 443 g/mol. The fourth-order valence-corrected chi connectivity index (χ4v) is 5.29. The van der Waals surface area contributed by atoms with Gasteiger partial charge >= 0.3 is 0 Å². The molecule has 0 saturated carbocycles. The Balaban J connectivity index is 2.12. The lowest BCUT2D eigenvalue weighted by molar-refractivity contribution is 0.306. The molecule has 3 aromatic rings. The van der Waals surface area contributed by atoms with Crippen LogP contribution in [-0.2, 0) is 16.6 Å². The first-order valence-electron chi connectivity index (χ1n) is 9.37. The van der Waals surface area contributed by atoms with Crippen molar-refractivity contribution in [2.45, 2.75) is 30.8 Å². The van der Waals surface area contributed by atoms with Crippen molar-refractivity contribution in [2.24, 2.45) is 0 Å². The number of rotatable bonds is 7. The highest BCUT2D eigenvalue weighted by atomic mass is 35.5. The minimum atomic E-state index is -4.00. The number of hydrogen-bond donors (Lipinski definition) is 0. The molecule has 3 aromatic carbocycles. The third-order valence-corrected chi connectivity index (χ3v) is 6.92. The molecule has 0 fully saturated rings. The zero-order valence-corrected chi connectivity index (χ0v) is 17.9. The fraction of sp³-hybridized carbons (Fsp3) is 0.174. The van der Waals surface area contributed by atoms with Gasteiger partial charge in [-0.1, -0.05) is 61.0 Å². The molecule has 0 spiro atoms. The van der Waals surface area contributed by atoms with Crippen LogP contribution < -0.4 is 0 Å². The summed E-state index contributed by atoms with van der Waals surface area (Å²) in [7, 11) is -4.00. The Morgan fingerprint density at radius 3 is 2.40 bits per heavy atom. The van der Waals surface area contributed by atoms with Crippen molar-refractivity contribution in [1.82, 2.24) is 4.31 Å². The summed E-state index contributed by atoms with van der Waals surface area (Å²) in [5, 5.41) is 9.28. The highest BCUT2D eigenvalue weighted by Gasteiger charge is 2.32. The van der Waals surface area contributed by atoms with E-state index >= 15 is 0 Å². The van der Waals surface area contributed by atoms with Crippen LogP contribution in [0.2, 0.25) is 5.02 Å². The molecule has 0 radical (unpaired) electrons. The predicted molar refractivity (Wildman–Crippen MR) is 115 cm³/mol. The third kappa shape index (κ3) is 4.71. The van der Waals surface area contributed by atoms with E-state index in [0.29, 0.717) is 11.4 Å². The van der Waals surface area contributed by atoms with E-state index in [4.69, 9.17) is 16.9 Å². The summed E-state index contributed by atoms with van der Waals surface area (Å²) in [6.45, 7) is 1.70. The second-order valence-corrected chi connectivity index (χ2v) is 9.09. The van der Waals surface area contributed by atoms with Gasteiger partial charge in [-0.2, -0.15) is 9.57 Å². The normalized spacial score (nSPS) is 12.5. The summed E-state index contributed by atoms with van der Waals surface area (Å²) in [4.78, 5) is 0.0402. The Hall–Kier alpha value is -2.72. The molecule has 4 nitrogen and oxygen atoms in total. The van der Waals surface area contributed by atoms with Crippen LogP contribution in [0.5, 0.6) is 0 Å². The smallest absolute Gasteiger partial charge is 0.207 e. The minimum absolute atomic E-state index is 0.0402. The van der Waals surface area contributed by atoms with E-state index in [-0.39, 0.29) is 22.6 Å². The van der Waals surface area contributed by atoms with E-state index in [1.807, 2.05) is 43.3 Å². The van der Waals surface area contributed by atoms with Crippen molar-refractivity contribution in [3.05, 3.63) is 100 Å². The summed E-state index contributed by atoms with van der Waals surface area (Å²) in [5.74, 6) is -0.622. The number of nitrogens with zero attached hydrogens (tertiary/aromatic N) is 2. The molecule has 0 N–H and O–H groups in total. The second-order valence-electron chi connectivity index (χ2n) is 6.76. The van der Waals surface area contributed by atoms with Crippen LogP contribution in [0.3, 0.4) is 0 Å². The summed E-state index contributed by atoms with van der Waals surface area (Å²) < 4.78 is 43.1. The van der Waals surface area contributed by atoms with E-state index in [0.717, 1.165) is 11.6 Å². The lowest BCUT2D eigenvalue weighted by atomic mass is 10.0. The first kappa shape index (κ1) is 22.0. The molecule has 0 heterocycles. The molecule has 30 heavy (non-hydrogen) atoms. The standard InChI is InChI=1S/C23H20ClFN2O2S/c1-2-23(18-7-4-3-5-8-18)27(16-19-12-11-17(15-26)13-22(19)25)30(28,29)21-10-6-9-20(24)14-21/h3-14,23H,2,16H2,1H3. The zero-order chi connectivity index (χ0) is 21.7. The number of nitriles is 1. The maximum atomic E-state index is 14.6. The summed E-state index contributed by atoms with van der Waals surface area (Å²) in [5.41, 5.74) is 1.17. The van der Waals surface area contributed by atoms with E-state index in [9.17, 15) is 12.8 Å². The average Bonchev–Trinajstić information content (AvgIpc) is 2.75. The Kier molecular flexibility index (Phi) is 6.88. The SMILES string of the molecule is CCC(c1ccccc1)N(Cc1ccc(C#N)cc1F)S(=O)(=O)c1cccc(Cl)c1. The van der Waals surface area contributed by atoms with Crippen molar-refractivity contribution in [2.75, 3.05) is 0 Å². The van der Waals surface area contributed by atoms with Gasteiger partial charge in [0.1, 0.15) is 5.82 Å². The monoisotopic (exact) mass is 442 g/mol. The summed E-state index contributed by atoms with van der Waals surface area (Å²) >= 11 is 6.03. The first-order chi connectivity index (χ1) is 14.4. The highest BCUT2D eigenvalue weighted by molar-refractivity contribution is 7.89. The van der Waals surface area contributed by atoms with Gasteiger partial charge in [0, 0.05) is 17.1 Å². The molecular formula is C23H20ClFN2O2S. The van der Waals surface area contributed by atoms with Gasteiger partial charge in [0.05, 0.1) is 22.6 Å². The first-order valence-corrected chi connectivity index (χ1v) is 11.2. The number of benzene rings is 3. The Morgan fingerprint density at radius 2 is 1.80 bits per heavy atom. The quantitative estimate of drug-likeness (QED) is 0.472. The van der Waals surface area contributed by atoms with Crippen LogP contribution >= 0.6 is 11.6 Å². The molecule has 1 unspecified atom stereocenters. The van der Waals surface area contributed by atoms with Gasteiger partial charge in [-0.3, -0.25) is 0 Å². The van der Waals surface area contributed by atoms with Crippen molar-refractivity contribution in [1.29, 1.82) is 5.26 Å². The van der Waals surface area contributed by atoms with Crippen molar-refractivity contribution in [3.8, 4) is 6.07 Å². The second kappa shape index (κ2) is 9.40. The van der Waals surface area contributed by atoms with Crippen molar-refractivity contribution in [3.63, 3.8) is 0 Å². The molecule has 0 bridgehead atoms. The maximum absolute atomic E-state index is 14.6. The molecule has 0 aromatic heterocycles. The minimum Gasteiger partial charge on any atom is -0.207 e. The van der Waals surface area contributed by atoms with Crippen LogP contribution in [0, 0.1) is 17.1 Å². The fourth-order valence-electron chi connectivity index (χ4n) is 3.32. The van der Waals surface area contributed by atoms with Crippen molar-refractivity contribution >= 4 is 21.6 Å². The Morgan fingerprint density at radius 1 is 1.07 bits per heavy atom. The molecule has 0 aliphatic carbocycles. The Labute approximate surface area is 181 Å². The number of halogens is 2. The van der Waals surface area contributed by atoms with Crippen LogP contribution in [0.4, 0.5) is 4.39 Å². The lowest BCUT2D eigenvalue weighted by Crippen LogP contribution is -2.34. The molecule has 0 aliphatic heterocycles. The van der Waals surface area contributed by atoms with Gasteiger partial charge < -0.3 is 0 Å². The molecule has 0 amide bonds. The predicted octanol–water partition coefficient (Wildman–Crippen LogP) is 5.69. The molecule has 0 saturated heterocycles. The summed E-state index contributed by atoms with van der Waals surface area (Å²) in [6, 6.07) is 20.7. The van der Waals surface area contributed by atoms with Gasteiger partial charge in [0.2, 0.25) is 10.0 Å². The van der Waals surface area contributed by atoms with Gasteiger partial charge in [0.25, 0.3) is 0 Å². The van der Waals surface area contributed by atoms with Crippen LogP contribution in [-0.4, -0.2) is 12.7 Å². The molecule has 154 valence electrons. The largest absolute Gasteiger partial charge is 0.243 e. The van der Waals surface area contributed by atoms with Gasteiger partial charge in [-0.15, -0.1) is 0 Å². The van der Waals surface area contributed by atoms with Crippen molar-refractivity contribution < 1.29 is 12.8 Å². The molecule has 0 aliphatic rings. The highest BCUT2D eigenvalue weighted by Crippen LogP contribution is 2.33. The number of sulfonamides is 1. The van der Waals surface area contributed by atoms with E-state index in [1.54, 1.807) is 12.1 Å². The van der Waals surface area contributed by atoms with Gasteiger partial charge in [-0.05, 0) is 42.3 Å².